The Morgan fingerprint density at radius 1 is 1.14 bits per heavy atom. The molecule has 0 aliphatic rings. The van der Waals surface area contributed by atoms with E-state index in [1.165, 1.54) is 37.6 Å². The number of ether oxygens (including phenoxy) is 2. The maximum absolute atomic E-state index is 13.3. The van der Waals surface area contributed by atoms with E-state index in [0.717, 1.165) is 9.87 Å². The van der Waals surface area contributed by atoms with Crippen molar-refractivity contribution in [1.82, 2.24) is 4.98 Å². The number of sulfonamides is 1. The van der Waals surface area contributed by atoms with Gasteiger partial charge in [-0.1, -0.05) is 17.7 Å². The first-order valence-corrected chi connectivity index (χ1v) is 10.5. The molecule has 0 unspecified atom stereocenters. The van der Waals surface area contributed by atoms with Crippen molar-refractivity contribution in [2.45, 2.75) is 31.6 Å². The van der Waals surface area contributed by atoms with Crippen LogP contribution >= 0.6 is 0 Å². The summed E-state index contributed by atoms with van der Waals surface area (Å²) in [6.07, 6.45) is 1.63. The number of methoxy groups -OCH3 is 1. The third-order valence-electron chi connectivity index (χ3n) is 4.09. The fourth-order valence-electron chi connectivity index (χ4n) is 2.66. The van der Waals surface area contributed by atoms with Crippen molar-refractivity contribution < 1.29 is 27.5 Å². The SMILES string of the molecule is CCOC(=O)CCCN(c1cccnc1C(=O)OC)S(=O)(=O)c1ccc(C)cc1. The molecule has 0 saturated carbocycles. The van der Waals surface area contributed by atoms with Crippen LogP contribution in [0.15, 0.2) is 47.5 Å². The monoisotopic (exact) mass is 420 g/mol. The van der Waals surface area contributed by atoms with Gasteiger partial charge < -0.3 is 9.47 Å². The summed E-state index contributed by atoms with van der Waals surface area (Å²) in [7, 11) is -2.82. The Morgan fingerprint density at radius 3 is 2.45 bits per heavy atom. The average molecular weight is 420 g/mol. The van der Waals surface area contributed by atoms with E-state index in [1.54, 1.807) is 19.1 Å². The molecule has 0 aliphatic heterocycles. The fourth-order valence-corrected chi connectivity index (χ4v) is 4.17. The first-order valence-electron chi connectivity index (χ1n) is 9.09. The van der Waals surface area contributed by atoms with Gasteiger partial charge in [0, 0.05) is 19.2 Å². The van der Waals surface area contributed by atoms with Gasteiger partial charge in [0.1, 0.15) is 0 Å². The number of aryl methyl sites for hydroxylation is 1. The van der Waals surface area contributed by atoms with Crippen LogP contribution in [0.25, 0.3) is 0 Å². The molecular formula is C20H24N2O6S. The zero-order valence-electron chi connectivity index (χ0n) is 16.6. The van der Waals surface area contributed by atoms with Gasteiger partial charge in [-0.25, -0.2) is 18.2 Å². The molecule has 1 heterocycles. The van der Waals surface area contributed by atoms with Crippen LogP contribution in [0.5, 0.6) is 0 Å². The van der Waals surface area contributed by atoms with E-state index in [0.29, 0.717) is 0 Å². The van der Waals surface area contributed by atoms with Crippen LogP contribution in [-0.4, -0.2) is 45.6 Å². The van der Waals surface area contributed by atoms with Crippen molar-refractivity contribution in [2.75, 3.05) is 24.6 Å². The molecule has 2 aromatic rings. The van der Waals surface area contributed by atoms with Crippen molar-refractivity contribution in [3.8, 4) is 0 Å². The zero-order valence-corrected chi connectivity index (χ0v) is 17.4. The Kier molecular flexibility index (Phi) is 7.72. The van der Waals surface area contributed by atoms with Crippen molar-refractivity contribution in [2.24, 2.45) is 0 Å². The zero-order chi connectivity index (χ0) is 21.4. The molecule has 1 aromatic carbocycles. The predicted octanol–water partition coefficient (Wildman–Crippen LogP) is 2.72. The van der Waals surface area contributed by atoms with E-state index < -0.39 is 22.0 Å². The summed E-state index contributed by atoms with van der Waals surface area (Å²) in [5.41, 5.74) is 0.875. The molecule has 9 heteroatoms. The van der Waals surface area contributed by atoms with E-state index in [9.17, 15) is 18.0 Å². The standard InChI is InChI=1S/C20H24N2O6S/c1-4-28-18(23)8-6-14-22(17-7-5-13-21-19(17)20(24)27-3)29(25,26)16-11-9-15(2)10-12-16/h5,7,9-13H,4,6,8,14H2,1-3H3. The van der Waals surface area contributed by atoms with E-state index in [1.807, 2.05) is 6.92 Å². The van der Waals surface area contributed by atoms with E-state index >= 15 is 0 Å². The second kappa shape index (κ2) is 10.0. The van der Waals surface area contributed by atoms with E-state index in [2.05, 4.69) is 4.98 Å². The topological polar surface area (TPSA) is 103 Å². The molecule has 1 aromatic heterocycles. The molecule has 0 amide bonds. The minimum absolute atomic E-state index is 0.0370. The second-order valence-corrected chi connectivity index (χ2v) is 8.02. The second-order valence-electron chi connectivity index (χ2n) is 6.16. The lowest BCUT2D eigenvalue weighted by Crippen LogP contribution is -2.34. The molecule has 156 valence electrons. The number of hydrogen-bond donors (Lipinski definition) is 0. The number of carbonyl (C=O) groups excluding carboxylic acids is 2. The first kappa shape index (κ1) is 22.4. The average Bonchev–Trinajstić information content (AvgIpc) is 2.71. The third kappa shape index (κ3) is 5.54. The smallest absolute Gasteiger partial charge is 0.358 e. The Hall–Kier alpha value is -2.94. The third-order valence-corrected chi connectivity index (χ3v) is 5.92. The number of benzene rings is 1. The number of aromatic nitrogens is 1. The maximum Gasteiger partial charge on any atom is 0.358 e. The van der Waals surface area contributed by atoms with Crippen molar-refractivity contribution in [3.05, 3.63) is 53.9 Å². The number of pyridine rings is 1. The number of nitrogens with zero attached hydrogens (tertiary/aromatic N) is 2. The first-order chi connectivity index (χ1) is 13.8. The number of carbonyl (C=O) groups is 2. The lowest BCUT2D eigenvalue weighted by molar-refractivity contribution is -0.143. The highest BCUT2D eigenvalue weighted by Crippen LogP contribution is 2.27. The van der Waals surface area contributed by atoms with Gasteiger partial charge in [-0.05, 0) is 44.5 Å². The van der Waals surface area contributed by atoms with E-state index in [4.69, 9.17) is 9.47 Å². The fraction of sp³-hybridized carbons (Fsp3) is 0.350. The number of esters is 2. The van der Waals surface area contributed by atoms with Crippen LogP contribution in [0, 0.1) is 6.92 Å². The highest BCUT2D eigenvalue weighted by atomic mass is 32.2. The lowest BCUT2D eigenvalue weighted by atomic mass is 10.2. The molecule has 0 aliphatic carbocycles. The summed E-state index contributed by atoms with van der Waals surface area (Å²) in [5.74, 6) is -1.17. The van der Waals surface area contributed by atoms with Gasteiger partial charge >= 0.3 is 11.9 Å². The van der Waals surface area contributed by atoms with Crippen LogP contribution < -0.4 is 4.31 Å². The van der Waals surface area contributed by atoms with Crippen LogP contribution in [0.2, 0.25) is 0 Å². The predicted molar refractivity (Wildman–Crippen MR) is 107 cm³/mol. The lowest BCUT2D eigenvalue weighted by Gasteiger charge is -2.25. The molecule has 0 fully saturated rings. The normalized spacial score (nSPS) is 11.0. The minimum Gasteiger partial charge on any atom is -0.466 e. The Labute approximate surface area is 170 Å². The summed E-state index contributed by atoms with van der Waals surface area (Å²) >= 11 is 0. The Balaban J connectivity index is 2.45. The molecule has 29 heavy (non-hydrogen) atoms. The van der Waals surface area contributed by atoms with Gasteiger partial charge in [0.2, 0.25) is 0 Å². The van der Waals surface area contributed by atoms with Gasteiger partial charge in [-0.3, -0.25) is 9.10 Å². The van der Waals surface area contributed by atoms with Crippen LogP contribution in [-0.2, 0) is 24.3 Å². The Bertz CT molecular complexity index is 957. The van der Waals surface area contributed by atoms with Gasteiger partial charge in [-0.15, -0.1) is 0 Å². The van der Waals surface area contributed by atoms with Crippen molar-refractivity contribution in [3.63, 3.8) is 0 Å². The number of hydrogen-bond acceptors (Lipinski definition) is 7. The minimum atomic E-state index is -4.01. The van der Waals surface area contributed by atoms with Gasteiger partial charge in [0.15, 0.2) is 5.69 Å². The maximum atomic E-state index is 13.3. The van der Waals surface area contributed by atoms with Gasteiger partial charge in [0.25, 0.3) is 10.0 Å². The summed E-state index contributed by atoms with van der Waals surface area (Å²) < 4.78 is 37.4. The quantitative estimate of drug-likeness (QED) is 0.575. The van der Waals surface area contributed by atoms with Crippen LogP contribution in [0.1, 0.15) is 35.8 Å². The summed E-state index contributed by atoms with van der Waals surface area (Å²) in [4.78, 5) is 27.9. The number of rotatable bonds is 9. The summed E-state index contributed by atoms with van der Waals surface area (Å²) in [5, 5.41) is 0. The van der Waals surface area contributed by atoms with Crippen LogP contribution in [0.4, 0.5) is 5.69 Å². The van der Waals surface area contributed by atoms with Gasteiger partial charge in [-0.2, -0.15) is 0 Å². The molecule has 8 nitrogen and oxygen atoms in total. The Morgan fingerprint density at radius 2 is 1.83 bits per heavy atom. The number of anilines is 1. The van der Waals surface area contributed by atoms with E-state index in [-0.39, 0.29) is 42.3 Å². The molecule has 2 rings (SSSR count). The van der Waals surface area contributed by atoms with Gasteiger partial charge in [0.05, 0.1) is 24.3 Å². The highest BCUT2D eigenvalue weighted by molar-refractivity contribution is 7.92. The largest absolute Gasteiger partial charge is 0.466 e. The van der Waals surface area contributed by atoms with Crippen molar-refractivity contribution in [1.29, 1.82) is 0 Å². The molecule has 0 radical (unpaired) electrons. The summed E-state index contributed by atoms with van der Waals surface area (Å²) in [6, 6.07) is 9.39. The summed E-state index contributed by atoms with van der Waals surface area (Å²) in [6.45, 7) is 3.76. The molecule has 0 saturated heterocycles. The molecular weight excluding hydrogens is 396 g/mol. The molecule has 0 atom stereocenters. The highest BCUT2D eigenvalue weighted by Gasteiger charge is 2.29. The van der Waals surface area contributed by atoms with Crippen molar-refractivity contribution >= 4 is 27.6 Å². The molecule has 0 N–H and O–H groups in total. The molecule has 0 spiro atoms. The molecule has 0 bridgehead atoms. The van der Waals surface area contributed by atoms with Crippen LogP contribution in [0.3, 0.4) is 0 Å².